The Labute approximate surface area is 119 Å². The van der Waals surface area contributed by atoms with Crippen LogP contribution in [0.25, 0.3) is 22.6 Å². The third-order valence-electron chi connectivity index (χ3n) is 3.49. The van der Waals surface area contributed by atoms with Crippen LogP contribution in [-0.2, 0) is 13.1 Å². The monoisotopic (exact) mass is 288 g/mol. The fraction of sp³-hybridized carbons (Fsp3) is 0.133. The number of halogens is 2. The second kappa shape index (κ2) is 4.30. The molecule has 5 heteroatoms. The van der Waals surface area contributed by atoms with Crippen LogP contribution in [0.4, 0.5) is 4.39 Å². The van der Waals surface area contributed by atoms with E-state index in [-0.39, 0.29) is 5.02 Å². The van der Waals surface area contributed by atoms with E-state index >= 15 is 0 Å². The van der Waals surface area contributed by atoms with Crippen molar-refractivity contribution >= 4 is 22.7 Å². The highest BCUT2D eigenvalue weighted by Gasteiger charge is 2.15. The fourth-order valence-corrected chi connectivity index (χ4v) is 2.75. The summed E-state index contributed by atoms with van der Waals surface area (Å²) in [6.45, 7) is 1.74. The molecule has 2 aromatic carbocycles. The molecule has 1 aliphatic heterocycles. The smallest absolute Gasteiger partial charge is 0.227 e. The number of rotatable bonds is 1. The van der Waals surface area contributed by atoms with Gasteiger partial charge in [-0.1, -0.05) is 17.7 Å². The van der Waals surface area contributed by atoms with Gasteiger partial charge in [0.1, 0.15) is 11.3 Å². The van der Waals surface area contributed by atoms with Gasteiger partial charge < -0.3 is 9.73 Å². The predicted molar refractivity (Wildman–Crippen MR) is 75.0 cm³/mol. The van der Waals surface area contributed by atoms with Gasteiger partial charge in [-0.25, -0.2) is 9.37 Å². The minimum atomic E-state index is -0.416. The van der Waals surface area contributed by atoms with E-state index in [0.717, 1.165) is 18.7 Å². The minimum Gasteiger partial charge on any atom is -0.435 e. The van der Waals surface area contributed by atoms with Gasteiger partial charge in [0.05, 0.1) is 5.02 Å². The SMILES string of the molecule is Fc1cc(Cl)c2oc(-c3ccc4c(c3)CNC4)nc2c1. The molecule has 1 aromatic heterocycles. The van der Waals surface area contributed by atoms with Crippen LogP contribution in [0.15, 0.2) is 34.7 Å². The number of hydrogen-bond acceptors (Lipinski definition) is 3. The summed E-state index contributed by atoms with van der Waals surface area (Å²) in [6.07, 6.45) is 0. The summed E-state index contributed by atoms with van der Waals surface area (Å²) < 4.78 is 19.0. The fourth-order valence-electron chi connectivity index (χ4n) is 2.51. The molecule has 4 rings (SSSR count). The van der Waals surface area contributed by atoms with Crippen LogP contribution in [0.2, 0.25) is 5.02 Å². The molecule has 0 atom stereocenters. The third kappa shape index (κ3) is 1.80. The zero-order valence-corrected chi connectivity index (χ0v) is 11.2. The Morgan fingerprint density at radius 1 is 1.15 bits per heavy atom. The van der Waals surface area contributed by atoms with Gasteiger partial charge in [-0.05, 0) is 29.3 Å². The van der Waals surface area contributed by atoms with E-state index in [1.54, 1.807) is 0 Å². The van der Waals surface area contributed by atoms with Crippen molar-refractivity contribution in [2.24, 2.45) is 0 Å². The van der Waals surface area contributed by atoms with E-state index in [9.17, 15) is 4.39 Å². The summed E-state index contributed by atoms with van der Waals surface area (Å²) in [4.78, 5) is 4.32. The lowest BCUT2D eigenvalue weighted by atomic mass is 10.1. The molecule has 0 unspecified atom stereocenters. The van der Waals surface area contributed by atoms with Gasteiger partial charge in [-0.15, -0.1) is 0 Å². The lowest BCUT2D eigenvalue weighted by molar-refractivity contribution is 0.614. The maximum absolute atomic E-state index is 13.3. The maximum Gasteiger partial charge on any atom is 0.227 e. The van der Waals surface area contributed by atoms with Gasteiger partial charge in [-0.2, -0.15) is 0 Å². The standard InChI is InChI=1S/C15H10ClFN2O/c16-12-4-11(17)5-13-14(12)20-15(19-13)8-1-2-9-6-18-7-10(9)3-8/h1-5,18H,6-7H2. The highest BCUT2D eigenvalue weighted by molar-refractivity contribution is 6.34. The lowest BCUT2D eigenvalue weighted by Gasteiger charge is -2.00. The highest BCUT2D eigenvalue weighted by Crippen LogP contribution is 2.31. The molecule has 0 fully saturated rings. The highest BCUT2D eigenvalue weighted by atomic mass is 35.5. The largest absolute Gasteiger partial charge is 0.435 e. The van der Waals surface area contributed by atoms with Gasteiger partial charge >= 0.3 is 0 Å². The molecule has 2 heterocycles. The molecule has 0 bridgehead atoms. The lowest BCUT2D eigenvalue weighted by Crippen LogP contribution is -1.99. The van der Waals surface area contributed by atoms with E-state index in [1.807, 2.05) is 12.1 Å². The molecule has 0 saturated heterocycles. The van der Waals surface area contributed by atoms with Crippen molar-refractivity contribution in [3.8, 4) is 11.5 Å². The first-order chi connectivity index (χ1) is 9.70. The molecule has 100 valence electrons. The van der Waals surface area contributed by atoms with Crippen molar-refractivity contribution in [3.05, 3.63) is 52.3 Å². The van der Waals surface area contributed by atoms with Gasteiger partial charge in [0.25, 0.3) is 0 Å². The van der Waals surface area contributed by atoms with Gasteiger partial charge in [0.15, 0.2) is 5.58 Å². The number of oxazole rings is 1. The number of benzene rings is 2. The second-order valence-corrected chi connectivity index (χ2v) is 5.25. The molecule has 3 aromatic rings. The molecular weight excluding hydrogens is 279 g/mol. The zero-order chi connectivity index (χ0) is 13.7. The van der Waals surface area contributed by atoms with Crippen molar-refractivity contribution < 1.29 is 8.81 Å². The maximum atomic E-state index is 13.3. The van der Waals surface area contributed by atoms with Crippen molar-refractivity contribution in [2.75, 3.05) is 0 Å². The molecule has 1 aliphatic rings. The summed E-state index contributed by atoms with van der Waals surface area (Å²) in [7, 11) is 0. The van der Waals surface area contributed by atoms with E-state index in [4.69, 9.17) is 16.0 Å². The normalized spacial score (nSPS) is 13.9. The topological polar surface area (TPSA) is 38.1 Å². The zero-order valence-electron chi connectivity index (χ0n) is 10.4. The molecule has 0 amide bonds. The average molecular weight is 289 g/mol. The van der Waals surface area contributed by atoms with E-state index in [0.29, 0.717) is 17.0 Å². The molecule has 20 heavy (non-hydrogen) atoms. The van der Waals surface area contributed by atoms with Crippen LogP contribution in [0.5, 0.6) is 0 Å². The molecule has 0 saturated carbocycles. The van der Waals surface area contributed by atoms with Crippen LogP contribution in [-0.4, -0.2) is 4.98 Å². The Hall–Kier alpha value is -1.91. The van der Waals surface area contributed by atoms with Gasteiger partial charge in [0.2, 0.25) is 5.89 Å². The quantitative estimate of drug-likeness (QED) is 0.738. The van der Waals surface area contributed by atoms with E-state index in [2.05, 4.69) is 16.4 Å². The Morgan fingerprint density at radius 2 is 2.00 bits per heavy atom. The van der Waals surface area contributed by atoms with Crippen LogP contribution >= 0.6 is 11.6 Å². The minimum absolute atomic E-state index is 0.238. The van der Waals surface area contributed by atoms with Gasteiger partial charge in [0, 0.05) is 24.7 Å². The Balaban J connectivity index is 1.88. The number of nitrogens with one attached hydrogen (secondary N) is 1. The Kier molecular flexibility index (Phi) is 2.55. The van der Waals surface area contributed by atoms with Crippen LogP contribution in [0.3, 0.4) is 0 Å². The van der Waals surface area contributed by atoms with Crippen LogP contribution in [0, 0.1) is 5.82 Å². The number of aromatic nitrogens is 1. The van der Waals surface area contributed by atoms with Crippen LogP contribution in [0.1, 0.15) is 11.1 Å². The summed E-state index contributed by atoms with van der Waals surface area (Å²) >= 11 is 5.97. The first kappa shape index (κ1) is 11.9. The third-order valence-corrected chi connectivity index (χ3v) is 3.77. The summed E-state index contributed by atoms with van der Waals surface area (Å²) in [6, 6.07) is 8.61. The Morgan fingerprint density at radius 3 is 2.90 bits per heavy atom. The van der Waals surface area contributed by atoms with Crippen molar-refractivity contribution in [3.63, 3.8) is 0 Å². The number of hydrogen-bond donors (Lipinski definition) is 1. The second-order valence-electron chi connectivity index (χ2n) is 4.84. The molecule has 1 N–H and O–H groups in total. The molecule has 0 spiro atoms. The predicted octanol–water partition coefficient (Wildman–Crippen LogP) is 3.89. The van der Waals surface area contributed by atoms with Crippen molar-refractivity contribution in [2.45, 2.75) is 13.1 Å². The first-order valence-electron chi connectivity index (χ1n) is 6.29. The average Bonchev–Trinajstić information content (AvgIpc) is 3.03. The summed E-state index contributed by atoms with van der Waals surface area (Å²) in [5.74, 6) is 0.0442. The molecule has 0 aliphatic carbocycles. The van der Waals surface area contributed by atoms with Gasteiger partial charge in [-0.3, -0.25) is 0 Å². The van der Waals surface area contributed by atoms with Crippen molar-refractivity contribution in [1.29, 1.82) is 0 Å². The Bertz CT molecular complexity index is 828. The summed E-state index contributed by atoms with van der Waals surface area (Å²) in [5.41, 5.74) is 4.25. The first-order valence-corrected chi connectivity index (χ1v) is 6.67. The number of fused-ring (bicyclic) bond motifs is 2. The molecule has 3 nitrogen and oxygen atoms in total. The number of nitrogens with zero attached hydrogens (tertiary/aromatic N) is 1. The summed E-state index contributed by atoms with van der Waals surface area (Å²) in [5, 5.41) is 3.53. The molecule has 0 radical (unpaired) electrons. The molecular formula is C15H10ClFN2O. The van der Waals surface area contributed by atoms with E-state index < -0.39 is 5.82 Å². The van der Waals surface area contributed by atoms with Crippen molar-refractivity contribution in [1.82, 2.24) is 10.3 Å². The van der Waals surface area contributed by atoms with E-state index in [1.165, 1.54) is 23.3 Å². The van der Waals surface area contributed by atoms with Crippen LogP contribution < -0.4 is 5.32 Å².